The highest BCUT2D eigenvalue weighted by atomic mass is 32.2. The van der Waals surface area contributed by atoms with Crippen LogP contribution in [-0.4, -0.2) is 6.26 Å². The SMILES string of the molecule is CSc1ccc(NC(C)c2ccc(C)o2)cc1. The maximum Gasteiger partial charge on any atom is 0.126 e. The quantitative estimate of drug-likeness (QED) is 0.806. The van der Waals surface area contributed by atoms with Gasteiger partial charge in [0.1, 0.15) is 11.5 Å². The number of furan rings is 1. The molecule has 0 spiro atoms. The van der Waals surface area contributed by atoms with Gasteiger partial charge in [-0.3, -0.25) is 0 Å². The third-order valence-electron chi connectivity index (χ3n) is 2.66. The molecule has 0 bridgehead atoms. The molecule has 2 aromatic rings. The van der Waals surface area contributed by atoms with Gasteiger partial charge in [-0.15, -0.1) is 11.8 Å². The van der Waals surface area contributed by atoms with Crippen molar-refractivity contribution in [2.24, 2.45) is 0 Å². The van der Waals surface area contributed by atoms with E-state index in [2.05, 4.69) is 42.8 Å². The number of nitrogens with one attached hydrogen (secondary N) is 1. The van der Waals surface area contributed by atoms with Crippen LogP contribution in [0, 0.1) is 6.92 Å². The van der Waals surface area contributed by atoms with Crippen LogP contribution < -0.4 is 5.32 Å². The van der Waals surface area contributed by atoms with E-state index < -0.39 is 0 Å². The van der Waals surface area contributed by atoms with Crippen LogP contribution in [0.15, 0.2) is 45.7 Å². The molecule has 1 atom stereocenters. The summed E-state index contributed by atoms with van der Waals surface area (Å²) >= 11 is 1.75. The minimum absolute atomic E-state index is 0.184. The van der Waals surface area contributed by atoms with Crippen LogP contribution in [0.3, 0.4) is 0 Å². The third kappa shape index (κ3) is 3.07. The molecule has 0 saturated heterocycles. The van der Waals surface area contributed by atoms with Gasteiger partial charge in [-0.25, -0.2) is 0 Å². The van der Waals surface area contributed by atoms with Gasteiger partial charge < -0.3 is 9.73 Å². The smallest absolute Gasteiger partial charge is 0.126 e. The van der Waals surface area contributed by atoms with E-state index in [1.165, 1.54) is 4.90 Å². The van der Waals surface area contributed by atoms with Gasteiger partial charge in [-0.2, -0.15) is 0 Å². The van der Waals surface area contributed by atoms with Crippen LogP contribution in [0.1, 0.15) is 24.5 Å². The molecule has 0 aliphatic rings. The van der Waals surface area contributed by atoms with Crippen molar-refractivity contribution in [1.29, 1.82) is 0 Å². The van der Waals surface area contributed by atoms with Gasteiger partial charge in [0.25, 0.3) is 0 Å². The monoisotopic (exact) mass is 247 g/mol. The Morgan fingerprint density at radius 3 is 2.35 bits per heavy atom. The van der Waals surface area contributed by atoms with Crippen molar-refractivity contribution < 1.29 is 4.42 Å². The lowest BCUT2D eigenvalue weighted by molar-refractivity contribution is 0.467. The summed E-state index contributed by atoms with van der Waals surface area (Å²) in [5.74, 6) is 1.92. The topological polar surface area (TPSA) is 25.2 Å². The first-order chi connectivity index (χ1) is 8.19. The second-order valence-corrected chi connectivity index (χ2v) is 4.92. The number of aryl methyl sites for hydroxylation is 1. The minimum Gasteiger partial charge on any atom is -0.464 e. The third-order valence-corrected chi connectivity index (χ3v) is 3.40. The molecule has 1 heterocycles. The number of anilines is 1. The fourth-order valence-electron chi connectivity index (χ4n) is 1.69. The number of thioether (sulfide) groups is 1. The highest BCUT2D eigenvalue weighted by Crippen LogP contribution is 2.23. The molecule has 1 aromatic carbocycles. The van der Waals surface area contributed by atoms with Crippen LogP contribution in [0.2, 0.25) is 0 Å². The summed E-state index contributed by atoms with van der Waals surface area (Å²) in [6, 6.07) is 12.6. The molecule has 0 aliphatic heterocycles. The number of benzene rings is 1. The molecule has 0 amide bonds. The van der Waals surface area contributed by atoms with Crippen molar-refractivity contribution in [3.05, 3.63) is 47.9 Å². The van der Waals surface area contributed by atoms with E-state index in [-0.39, 0.29) is 6.04 Å². The fourth-order valence-corrected chi connectivity index (χ4v) is 2.10. The van der Waals surface area contributed by atoms with E-state index in [9.17, 15) is 0 Å². The molecule has 0 saturated carbocycles. The molecule has 1 N–H and O–H groups in total. The first kappa shape index (κ1) is 12.1. The van der Waals surface area contributed by atoms with Gasteiger partial charge >= 0.3 is 0 Å². The summed E-state index contributed by atoms with van der Waals surface area (Å²) in [5.41, 5.74) is 1.12. The predicted molar refractivity (Wildman–Crippen MR) is 73.7 cm³/mol. The summed E-state index contributed by atoms with van der Waals surface area (Å²) in [7, 11) is 0. The number of hydrogen-bond acceptors (Lipinski definition) is 3. The van der Waals surface area contributed by atoms with Crippen LogP contribution in [-0.2, 0) is 0 Å². The van der Waals surface area contributed by atoms with E-state index >= 15 is 0 Å². The number of rotatable bonds is 4. The van der Waals surface area contributed by atoms with Crippen molar-refractivity contribution >= 4 is 17.4 Å². The summed E-state index contributed by atoms with van der Waals surface area (Å²) in [5, 5.41) is 3.42. The molecule has 1 aromatic heterocycles. The van der Waals surface area contributed by atoms with E-state index in [0.29, 0.717) is 0 Å². The average Bonchev–Trinajstić information content (AvgIpc) is 2.77. The van der Waals surface area contributed by atoms with E-state index in [1.54, 1.807) is 11.8 Å². The Morgan fingerprint density at radius 2 is 1.82 bits per heavy atom. The van der Waals surface area contributed by atoms with Gasteiger partial charge in [0.15, 0.2) is 0 Å². The maximum atomic E-state index is 5.60. The summed E-state index contributed by atoms with van der Waals surface area (Å²) < 4.78 is 5.60. The first-order valence-corrected chi connectivity index (χ1v) is 6.88. The Morgan fingerprint density at radius 1 is 1.12 bits per heavy atom. The fraction of sp³-hybridized carbons (Fsp3) is 0.286. The summed E-state index contributed by atoms with van der Waals surface area (Å²) in [6.45, 7) is 4.06. The first-order valence-electron chi connectivity index (χ1n) is 5.66. The van der Waals surface area contributed by atoms with Gasteiger partial charge in [-0.1, -0.05) is 0 Å². The van der Waals surface area contributed by atoms with Crippen molar-refractivity contribution in [3.8, 4) is 0 Å². The standard InChI is InChI=1S/C14H17NOS/c1-10-4-9-14(16-10)11(2)15-12-5-7-13(17-3)8-6-12/h4-9,11,15H,1-3H3. The Labute approximate surface area is 106 Å². The highest BCUT2D eigenvalue weighted by molar-refractivity contribution is 7.98. The lowest BCUT2D eigenvalue weighted by atomic mass is 10.2. The normalized spacial score (nSPS) is 12.4. The van der Waals surface area contributed by atoms with Gasteiger partial charge in [0.2, 0.25) is 0 Å². The molecule has 2 nitrogen and oxygen atoms in total. The Bertz CT molecular complexity index is 475. The summed E-state index contributed by atoms with van der Waals surface area (Å²) in [4.78, 5) is 1.28. The predicted octanol–water partition coefficient (Wildman–Crippen LogP) is 4.48. The van der Waals surface area contributed by atoms with Crippen molar-refractivity contribution in [2.45, 2.75) is 24.8 Å². The molecule has 0 fully saturated rings. The Hall–Kier alpha value is -1.35. The van der Waals surface area contributed by atoms with Crippen LogP contribution in [0.25, 0.3) is 0 Å². The van der Waals surface area contributed by atoms with Gasteiger partial charge in [0.05, 0.1) is 6.04 Å². The van der Waals surface area contributed by atoms with Crippen LogP contribution in [0.5, 0.6) is 0 Å². The lowest BCUT2D eigenvalue weighted by Crippen LogP contribution is -2.05. The van der Waals surface area contributed by atoms with Gasteiger partial charge in [-0.05, 0) is 56.5 Å². The minimum atomic E-state index is 0.184. The Kier molecular flexibility index (Phi) is 3.79. The van der Waals surface area contributed by atoms with E-state index in [1.807, 2.05) is 19.1 Å². The molecule has 90 valence electrons. The van der Waals surface area contributed by atoms with Crippen molar-refractivity contribution in [3.63, 3.8) is 0 Å². The maximum absolute atomic E-state index is 5.60. The summed E-state index contributed by atoms with van der Waals surface area (Å²) in [6.07, 6.45) is 2.08. The van der Waals surface area contributed by atoms with E-state index in [0.717, 1.165) is 17.2 Å². The van der Waals surface area contributed by atoms with E-state index in [4.69, 9.17) is 4.42 Å². The largest absolute Gasteiger partial charge is 0.464 e. The zero-order valence-corrected chi connectivity index (χ0v) is 11.2. The average molecular weight is 247 g/mol. The molecule has 3 heteroatoms. The Balaban J connectivity index is 2.04. The lowest BCUT2D eigenvalue weighted by Gasteiger charge is -2.13. The highest BCUT2D eigenvalue weighted by Gasteiger charge is 2.08. The number of hydrogen-bond donors (Lipinski definition) is 1. The molecule has 2 rings (SSSR count). The zero-order chi connectivity index (χ0) is 12.3. The molecule has 1 unspecified atom stereocenters. The van der Waals surface area contributed by atoms with Crippen LogP contribution >= 0.6 is 11.8 Å². The molecule has 0 radical (unpaired) electrons. The molecule has 17 heavy (non-hydrogen) atoms. The zero-order valence-electron chi connectivity index (χ0n) is 10.4. The second-order valence-electron chi connectivity index (χ2n) is 4.04. The molecular weight excluding hydrogens is 230 g/mol. The van der Waals surface area contributed by atoms with Crippen molar-refractivity contribution in [1.82, 2.24) is 0 Å². The van der Waals surface area contributed by atoms with Crippen molar-refractivity contribution in [2.75, 3.05) is 11.6 Å². The van der Waals surface area contributed by atoms with Gasteiger partial charge in [0, 0.05) is 10.6 Å². The molecular formula is C14H17NOS. The van der Waals surface area contributed by atoms with Crippen LogP contribution in [0.4, 0.5) is 5.69 Å². The molecule has 0 aliphatic carbocycles. The second kappa shape index (κ2) is 5.32.